The zero-order valence-electron chi connectivity index (χ0n) is 40.2. The predicted molar refractivity (Wildman–Crippen MR) is 275 cm³/mol. The molecule has 0 spiro atoms. The van der Waals surface area contributed by atoms with Crippen molar-refractivity contribution < 1.29 is 24.5 Å². The van der Waals surface area contributed by atoms with E-state index in [0.717, 1.165) is 28.1 Å². The first-order chi connectivity index (χ1) is 31.3. The molecule has 2 aliphatic rings. The van der Waals surface area contributed by atoms with Gasteiger partial charge in [-0.2, -0.15) is 0 Å². The van der Waals surface area contributed by atoms with Gasteiger partial charge in [0.25, 0.3) is 0 Å². The standard InChI is InChI=1S/C48H45N2Se.C13H11FN.Ir/c1-46(2,3)31-15-17-39-34(24-31)35-26-33(48(7,8)9)27-37-43-36-25-32(47(4,5)6)16-18-41(36)51-42-23-30(22-40(44(42)43)50(39)45(35)37)29-19-20-49-38(21-29)28-13-11-10-12-14-28;1-9-7-13(15-8-10(9)2)11-3-5-12(14)6-4-11;/h10-13,15-27,43H,1-9H3;3,5-8H,1-2H3;/q2*-1;. The molecule has 0 N–H and O–H groups in total. The van der Waals surface area contributed by atoms with Crippen molar-refractivity contribution in [1.29, 1.82) is 0 Å². The van der Waals surface area contributed by atoms with Gasteiger partial charge in [-0.15, -0.1) is 29.8 Å². The Morgan fingerprint density at radius 3 is 1.97 bits per heavy atom. The summed E-state index contributed by atoms with van der Waals surface area (Å²) in [6, 6.07) is 49.9. The second-order valence-corrected chi connectivity index (χ2v) is 23.5. The minimum absolute atomic E-state index is 0. The third-order valence-corrected chi connectivity index (χ3v) is 15.9. The largest absolute Gasteiger partial charge is 0.304 e. The van der Waals surface area contributed by atoms with Gasteiger partial charge in [0.1, 0.15) is 0 Å². The molecule has 0 fully saturated rings. The Hall–Kier alpha value is -5.48. The first kappa shape index (κ1) is 46.6. The summed E-state index contributed by atoms with van der Waals surface area (Å²) in [4.78, 5) is 9.05. The number of hydrogen-bond donors (Lipinski definition) is 0. The van der Waals surface area contributed by atoms with E-state index >= 15 is 0 Å². The summed E-state index contributed by atoms with van der Waals surface area (Å²) in [6.45, 7) is 25.1. The van der Waals surface area contributed by atoms with E-state index < -0.39 is 0 Å². The predicted octanol–water partition coefficient (Wildman–Crippen LogP) is 14.0. The van der Waals surface area contributed by atoms with Crippen molar-refractivity contribution in [1.82, 2.24) is 14.5 Å². The Kier molecular flexibility index (Phi) is 12.0. The molecule has 339 valence electrons. The quantitative estimate of drug-likeness (QED) is 0.130. The van der Waals surface area contributed by atoms with Gasteiger partial charge in [-0.3, -0.25) is 4.39 Å². The van der Waals surface area contributed by atoms with Crippen LogP contribution in [0.1, 0.15) is 113 Å². The van der Waals surface area contributed by atoms with Crippen molar-refractivity contribution in [3.05, 3.63) is 196 Å². The fourth-order valence-electron chi connectivity index (χ4n) is 9.46. The van der Waals surface area contributed by atoms with E-state index in [-0.39, 0.29) is 63.0 Å². The Morgan fingerprint density at radius 1 is 0.597 bits per heavy atom. The molecule has 6 aromatic carbocycles. The normalized spacial score (nSPS) is 13.9. The van der Waals surface area contributed by atoms with Crippen LogP contribution in [0.15, 0.2) is 134 Å². The summed E-state index contributed by atoms with van der Waals surface area (Å²) in [5.41, 5.74) is 21.1. The Bertz CT molecular complexity index is 3370. The summed E-state index contributed by atoms with van der Waals surface area (Å²) < 4.78 is 18.3. The van der Waals surface area contributed by atoms with Gasteiger partial charge >= 0.3 is 310 Å². The van der Waals surface area contributed by atoms with E-state index in [0.29, 0.717) is 0 Å². The van der Waals surface area contributed by atoms with Gasteiger partial charge in [-0.25, -0.2) is 0 Å². The van der Waals surface area contributed by atoms with Crippen LogP contribution in [0.25, 0.3) is 61.1 Å². The van der Waals surface area contributed by atoms with Crippen LogP contribution in [0.3, 0.4) is 0 Å². The summed E-state index contributed by atoms with van der Waals surface area (Å²) in [7, 11) is 0. The maximum absolute atomic E-state index is 12.7. The second kappa shape index (κ2) is 17.2. The number of pyridine rings is 2. The van der Waals surface area contributed by atoms with E-state index in [4.69, 9.17) is 4.98 Å². The van der Waals surface area contributed by atoms with E-state index in [9.17, 15) is 4.39 Å². The van der Waals surface area contributed by atoms with E-state index in [1.54, 1.807) is 6.07 Å². The number of nitrogens with zero attached hydrogens (tertiary/aromatic N) is 3. The van der Waals surface area contributed by atoms with Gasteiger partial charge in [0, 0.05) is 32.1 Å². The number of benzene rings is 6. The summed E-state index contributed by atoms with van der Waals surface area (Å²) >= 11 is 0.159. The molecule has 1 atom stereocenters. The SMILES string of the molecule is CC(C)(C)c1ccc2c(c1)C1c3c(cc(-c4ccnc(-c5[c-]cccc5)c4)cc3-n3c4ccc(C(C)(C)C)cc4c4cc(C(C)(C)C)cc1c43)[Se]2.Cc1cnc(-c2[c-]cc(F)cc2)cc1C.[Ir]. The first-order valence-corrected chi connectivity index (χ1v) is 24.7. The molecular weight excluding hydrogens is 1060 g/mol. The molecule has 0 aliphatic carbocycles. The van der Waals surface area contributed by atoms with Crippen molar-refractivity contribution in [3.8, 4) is 39.3 Å². The summed E-state index contributed by atoms with van der Waals surface area (Å²) in [5.74, 6) is -0.102. The van der Waals surface area contributed by atoms with Crippen LogP contribution >= 0.6 is 0 Å². The van der Waals surface area contributed by atoms with Crippen molar-refractivity contribution in [2.24, 2.45) is 0 Å². The summed E-state index contributed by atoms with van der Waals surface area (Å²) in [5, 5.41) is 2.72. The van der Waals surface area contributed by atoms with Crippen LogP contribution in [0.4, 0.5) is 4.39 Å². The zero-order valence-corrected chi connectivity index (χ0v) is 44.3. The van der Waals surface area contributed by atoms with Crippen molar-refractivity contribution in [2.75, 3.05) is 0 Å². The second-order valence-electron chi connectivity index (χ2n) is 21.3. The summed E-state index contributed by atoms with van der Waals surface area (Å²) in [6.07, 6.45) is 3.77. The topological polar surface area (TPSA) is 30.7 Å². The fourth-order valence-corrected chi connectivity index (χ4v) is 12.0. The molecule has 2 aliphatic heterocycles. The molecule has 0 saturated carbocycles. The molecule has 3 aromatic heterocycles. The van der Waals surface area contributed by atoms with Gasteiger partial charge in [0.05, 0.1) is 0 Å². The molecular formula is C61H56FIrN3Se-2. The molecule has 1 unspecified atom stereocenters. The molecule has 0 amide bonds. The number of hydrogen-bond acceptors (Lipinski definition) is 2. The number of rotatable bonds is 3. The monoisotopic (exact) mass is 1120 g/mol. The molecule has 11 rings (SSSR count). The van der Waals surface area contributed by atoms with Gasteiger partial charge < -0.3 is 4.98 Å². The Morgan fingerprint density at radius 2 is 1.28 bits per heavy atom. The van der Waals surface area contributed by atoms with Crippen LogP contribution in [0.5, 0.6) is 0 Å². The molecule has 6 heteroatoms. The van der Waals surface area contributed by atoms with Crippen LogP contribution in [-0.4, -0.2) is 29.5 Å². The Balaban J connectivity index is 0.000000300. The van der Waals surface area contributed by atoms with Crippen LogP contribution in [0.2, 0.25) is 0 Å². The number of halogens is 1. The van der Waals surface area contributed by atoms with Gasteiger partial charge in [0.2, 0.25) is 0 Å². The molecule has 1 radical (unpaired) electrons. The van der Waals surface area contributed by atoms with Crippen LogP contribution in [0, 0.1) is 31.8 Å². The maximum Gasteiger partial charge on any atom is 0.0379 e. The molecule has 0 bridgehead atoms. The van der Waals surface area contributed by atoms with E-state index in [1.165, 1.54) is 98.6 Å². The van der Waals surface area contributed by atoms with Gasteiger partial charge in [0.15, 0.2) is 0 Å². The minimum Gasteiger partial charge on any atom is -0.304 e. The third kappa shape index (κ3) is 8.57. The average Bonchev–Trinajstić information content (AvgIpc) is 3.62. The molecule has 0 saturated heterocycles. The number of aromatic nitrogens is 3. The first-order valence-electron chi connectivity index (χ1n) is 23.0. The Labute approximate surface area is 415 Å². The molecule has 3 nitrogen and oxygen atoms in total. The van der Waals surface area contributed by atoms with E-state index in [2.05, 4.69) is 169 Å². The fraction of sp³-hybridized carbons (Fsp3) is 0.246. The van der Waals surface area contributed by atoms with Gasteiger partial charge in [-0.05, 0) is 25.1 Å². The molecule has 9 aromatic rings. The number of fused-ring (bicyclic) bond motifs is 7. The molecule has 67 heavy (non-hydrogen) atoms. The van der Waals surface area contributed by atoms with Crippen molar-refractivity contribution >= 4 is 45.7 Å². The third-order valence-electron chi connectivity index (χ3n) is 13.5. The zero-order chi connectivity index (χ0) is 46.4. The number of aryl methyl sites for hydroxylation is 2. The van der Waals surface area contributed by atoms with Gasteiger partial charge in [-0.1, -0.05) is 11.6 Å². The minimum atomic E-state index is -0.275. The van der Waals surface area contributed by atoms with Crippen LogP contribution in [-0.2, 0) is 36.4 Å². The van der Waals surface area contributed by atoms with Crippen molar-refractivity contribution in [3.63, 3.8) is 0 Å². The maximum atomic E-state index is 12.7. The van der Waals surface area contributed by atoms with E-state index in [1.807, 2.05) is 44.4 Å². The average molecular weight is 1120 g/mol. The van der Waals surface area contributed by atoms with Crippen LogP contribution < -0.4 is 8.92 Å². The molecule has 5 heterocycles. The van der Waals surface area contributed by atoms with Crippen molar-refractivity contribution in [2.45, 2.75) is 98.3 Å². The smallest absolute Gasteiger partial charge is 0.0379 e.